The predicted octanol–water partition coefficient (Wildman–Crippen LogP) is 2.81. The van der Waals surface area contributed by atoms with Crippen molar-refractivity contribution in [3.8, 4) is 0 Å². The lowest BCUT2D eigenvalue weighted by atomic mass is 10.3. The average molecular weight is 195 g/mol. The molecule has 0 saturated heterocycles. The van der Waals surface area contributed by atoms with Crippen molar-refractivity contribution in [3.63, 3.8) is 0 Å². The smallest absolute Gasteiger partial charge is 0.203 e. The lowest BCUT2D eigenvalue weighted by Crippen LogP contribution is -2.14. The monoisotopic (exact) mass is 195 g/mol. The number of unbranched alkanes of at least 4 members (excludes halogenated alkanes) is 1. The molecule has 0 aliphatic heterocycles. The number of hydrogen-bond donors (Lipinski definition) is 1. The Hall–Kier alpha value is -0.990. The maximum atomic E-state index is 4.46. The first-order chi connectivity index (χ1) is 6.63. The van der Waals surface area contributed by atoms with Gasteiger partial charge in [0.25, 0.3) is 0 Å². The SMILES string of the molecule is CCCCn1cc(C)nc1NC(C)C. The van der Waals surface area contributed by atoms with Gasteiger partial charge < -0.3 is 9.88 Å². The Kier molecular flexibility index (Phi) is 3.98. The molecule has 1 N–H and O–H groups in total. The zero-order valence-corrected chi connectivity index (χ0v) is 9.67. The second-order valence-electron chi connectivity index (χ2n) is 4.05. The number of nitrogens with one attached hydrogen (secondary N) is 1. The molecule has 80 valence electrons. The minimum atomic E-state index is 0.442. The summed E-state index contributed by atoms with van der Waals surface area (Å²) in [7, 11) is 0. The van der Waals surface area contributed by atoms with Crippen LogP contribution in [0.3, 0.4) is 0 Å². The van der Waals surface area contributed by atoms with Crippen molar-refractivity contribution in [2.75, 3.05) is 5.32 Å². The van der Waals surface area contributed by atoms with E-state index in [-0.39, 0.29) is 0 Å². The van der Waals surface area contributed by atoms with E-state index in [0.717, 1.165) is 18.2 Å². The molecule has 0 radical (unpaired) electrons. The van der Waals surface area contributed by atoms with E-state index >= 15 is 0 Å². The molecule has 1 aromatic heterocycles. The van der Waals surface area contributed by atoms with Crippen molar-refractivity contribution < 1.29 is 0 Å². The van der Waals surface area contributed by atoms with E-state index in [0.29, 0.717) is 6.04 Å². The molecule has 0 fully saturated rings. The molecule has 0 spiro atoms. The quantitative estimate of drug-likeness (QED) is 0.783. The van der Waals surface area contributed by atoms with Gasteiger partial charge in [0.2, 0.25) is 5.95 Å². The summed E-state index contributed by atoms with van der Waals surface area (Å²) in [6.45, 7) is 9.57. The molecule has 0 saturated carbocycles. The predicted molar refractivity (Wildman–Crippen MR) is 60.6 cm³/mol. The summed E-state index contributed by atoms with van der Waals surface area (Å²) in [6.07, 6.45) is 4.54. The number of rotatable bonds is 5. The van der Waals surface area contributed by atoms with E-state index in [1.54, 1.807) is 0 Å². The van der Waals surface area contributed by atoms with Gasteiger partial charge in [0.15, 0.2) is 0 Å². The summed E-state index contributed by atoms with van der Waals surface area (Å²) in [5, 5.41) is 3.35. The highest BCUT2D eigenvalue weighted by atomic mass is 15.2. The third kappa shape index (κ3) is 3.05. The highest BCUT2D eigenvalue weighted by molar-refractivity contribution is 5.29. The van der Waals surface area contributed by atoms with Crippen LogP contribution in [-0.4, -0.2) is 15.6 Å². The molecule has 0 unspecified atom stereocenters. The summed E-state index contributed by atoms with van der Waals surface area (Å²) in [5.74, 6) is 1.01. The fraction of sp³-hybridized carbons (Fsp3) is 0.727. The summed E-state index contributed by atoms with van der Waals surface area (Å²) < 4.78 is 2.21. The highest BCUT2D eigenvalue weighted by Gasteiger charge is 2.05. The number of aryl methyl sites for hydroxylation is 2. The Bertz CT molecular complexity index is 276. The molecular weight excluding hydrogens is 174 g/mol. The first kappa shape index (κ1) is 11.1. The molecule has 0 atom stereocenters. The van der Waals surface area contributed by atoms with Crippen LogP contribution in [0, 0.1) is 6.92 Å². The van der Waals surface area contributed by atoms with Crippen LogP contribution in [0.2, 0.25) is 0 Å². The van der Waals surface area contributed by atoms with Gasteiger partial charge in [-0.3, -0.25) is 0 Å². The normalized spacial score (nSPS) is 10.9. The number of aromatic nitrogens is 2. The summed E-state index contributed by atoms with van der Waals surface area (Å²) in [6, 6.07) is 0.442. The molecule has 0 aromatic carbocycles. The highest BCUT2D eigenvalue weighted by Crippen LogP contribution is 2.10. The van der Waals surface area contributed by atoms with Crippen molar-refractivity contribution in [2.24, 2.45) is 0 Å². The van der Waals surface area contributed by atoms with Crippen molar-refractivity contribution in [2.45, 2.75) is 53.1 Å². The van der Waals surface area contributed by atoms with Crippen LogP contribution in [-0.2, 0) is 6.54 Å². The van der Waals surface area contributed by atoms with Gasteiger partial charge in [-0.1, -0.05) is 13.3 Å². The van der Waals surface area contributed by atoms with Gasteiger partial charge in [-0.15, -0.1) is 0 Å². The Morgan fingerprint density at radius 2 is 2.21 bits per heavy atom. The summed E-state index contributed by atoms with van der Waals surface area (Å²) in [5.41, 5.74) is 1.09. The summed E-state index contributed by atoms with van der Waals surface area (Å²) in [4.78, 5) is 4.46. The fourth-order valence-electron chi connectivity index (χ4n) is 1.42. The molecule has 0 aliphatic carbocycles. The van der Waals surface area contributed by atoms with Crippen molar-refractivity contribution >= 4 is 5.95 Å². The van der Waals surface area contributed by atoms with Crippen LogP contribution in [0.5, 0.6) is 0 Å². The first-order valence-electron chi connectivity index (χ1n) is 5.43. The standard InChI is InChI=1S/C11H21N3/c1-5-6-7-14-8-10(4)13-11(14)12-9(2)3/h8-9H,5-7H2,1-4H3,(H,12,13). The topological polar surface area (TPSA) is 29.9 Å². The van der Waals surface area contributed by atoms with E-state index < -0.39 is 0 Å². The van der Waals surface area contributed by atoms with Gasteiger partial charge in [0.05, 0.1) is 5.69 Å². The van der Waals surface area contributed by atoms with Crippen LogP contribution < -0.4 is 5.32 Å². The molecule has 14 heavy (non-hydrogen) atoms. The molecule has 0 amide bonds. The van der Waals surface area contributed by atoms with E-state index in [1.165, 1.54) is 12.8 Å². The molecule has 1 rings (SSSR count). The zero-order chi connectivity index (χ0) is 10.6. The number of nitrogens with zero attached hydrogens (tertiary/aromatic N) is 2. The van der Waals surface area contributed by atoms with Crippen molar-refractivity contribution in [1.29, 1.82) is 0 Å². The van der Waals surface area contributed by atoms with Crippen molar-refractivity contribution in [1.82, 2.24) is 9.55 Å². The lowest BCUT2D eigenvalue weighted by Gasteiger charge is -2.11. The number of anilines is 1. The van der Waals surface area contributed by atoms with Crippen LogP contribution >= 0.6 is 0 Å². The molecule has 0 bridgehead atoms. The van der Waals surface area contributed by atoms with Crippen LogP contribution in [0.15, 0.2) is 6.20 Å². The minimum absolute atomic E-state index is 0.442. The average Bonchev–Trinajstić information content (AvgIpc) is 2.41. The van der Waals surface area contributed by atoms with Gasteiger partial charge in [-0.25, -0.2) is 4.98 Å². The lowest BCUT2D eigenvalue weighted by molar-refractivity contribution is 0.631. The summed E-state index contributed by atoms with van der Waals surface area (Å²) >= 11 is 0. The second-order valence-corrected chi connectivity index (χ2v) is 4.05. The van der Waals surface area contributed by atoms with Gasteiger partial charge in [0.1, 0.15) is 0 Å². The van der Waals surface area contributed by atoms with Crippen LogP contribution in [0.1, 0.15) is 39.3 Å². The maximum Gasteiger partial charge on any atom is 0.203 e. The molecule has 3 nitrogen and oxygen atoms in total. The van der Waals surface area contributed by atoms with Crippen molar-refractivity contribution in [3.05, 3.63) is 11.9 Å². The first-order valence-corrected chi connectivity index (χ1v) is 5.43. The van der Waals surface area contributed by atoms with Crippen LogP contribution in [0.25, 0.3) is 0 Å². The van der Waals surface area contributed by atoms with Gasteiger partial charge in [0, 0.05) is 18.8 Å². The zero-order valence-electron chi connectivity index (χ0n) is 9.67. The van der Waals surface area contributed by atoms with Gasteiger partial charge >= 0.3 is 0 Å². The molecule has 1 heterocycles. The van der Waals surface area contributed by atoms with E-state index in [9.17, 15) is 0 Å². The molecule has 0 aliphatic rings. The molecule has 3 heteroatoms. The number of imidazole rings is 1. The Morgan fingerprint density at radius 3 is 2.79 bits per heavy atom. The van der Waals surface area contributed by atoms with Crippen LogP contribution in [0.4, 0.5) is 5.95 Å². The second kappa shape index (κ2) is 5.03. The number of hydrogen-bond acceptors (Lipinski definition) is 2. The van der Waals surface area contributed by atoms with E-state index in [2.05, 4.69) is 41.8 Å². The Labute approximate surface area is 86.5 Å². The van der Waals surface area contributed by atoms with E-state index in [1.807, 2.05) is 6.92 Å². The Morgan fingerprint density at radius 1 is 1.50 bits per heavy atom. The largest absolute Gasteiger partial charge is 0.353 e. The van der Waals surface area contributed by atoms with Gasteiger partial charge in [-0.05, 0) is 27.2 Å². The Balaban J connectivity index is 2.69. The maximum absolute atomic E-state index is 4.46. The molecule has 1 aromatic rings. The minimum Gasteiger partial charge on any atom is -0.353 e. The fourth-order valence-corrected chi connectivity index (χ4v) is 1.42. The van der Waals surface area contributed by atoms with E-state index in [4.69, 9.17) is 0 Å². The third-order valence-electron chi connectivity index (χ3n) is 2.07. The molecular formula is C11H21N3. The van der Waals surface area contributed by atoms with Gasteiger partial charge in [-0.2, -0.15) is 0 Å². The third-order valence-corrected chi connectivity index (χ3v) is 2.07.